The molecule has 0 unspecified atom stereocenters. The van der Waals surface area contributed by atoms with E-state index in [-0.39, 0.29) is 12.5 Å². The van der Waals surface area contributed by atoms with Gasteiger partial charge in [0.25, 0.3) is 11.8 Å². The number of hydrogen-bond donors (Lipinski definition) is 2. The number of nitrogens with two attached hydrogens (primary N) is 1. The topological polar surface area (TPSA) is 93.8 Å². The Morgan fingerprint density at radius 3 is 2.69 bits per heavy atom. The van der Waals surface area contributed by atoms with Gasteiger partial charge in [0, 0.05) is 16.8 Å². The molecule has 0 saturated heterocycles. The molecule has 0 radical (unpaired) electrons. The van der Waals surface area contributed by atoms with Crippen molar-refractivity contribution in [3.63, 3.8) is 0 Å². The predicted molar refractivity (Wildman–Crippen MR) is 142 cm³/mol. The van der Waals surface area contributed by atoms with E-state index in [0.29, 0.717) is 11.3 Å². The highest BCUT2D eigenvalue weighted by molar-refractivity contribution is 7.16. The van der Waals surface area contributed by atoms with Gasteiger partial charge < -0.3 is 15.8 Å². The molecule has 0 atom stereocenters. The Kier molecular flexibility index (Phi) is 7.98. The van der Waals surface area contributed by atoms with Crippen LogP contribution in [0.2, 0.25) is 0 Å². The van der Waals surface area contributed by atoms with Gasteiger partial charge in [-0.2, -0.15) is 0 Å². The number of carbonyl (C=O) groups is 2. The largest absolute Gasteiger partial charge is 0.484 e. The summed E-state index contributed by atoms with van der Waals surface area (Å²) in [5.41, 5.74) is 10.8. The molecule has 1 heterocycles. The molecule has 182 valence electrons. The van der Waals surface area contributed by atoms with E-state index in [1.54, 1.807) is 29.7 Å². The molecule has 0 fully saturated rings. The van der Waals surface area contributed by atoms with Crippen molar-refractivity contribution in [2.75, 3.05) is 11.9 Å². The molecular weight excluding hydrogens is 458 g/mol. The predicted octanol–water partition coefficient (Wildman–Crippen LogP) is 5.89. The SMILES string of the molecule is Cc1ccc(C)c(NC(=O)c2c(N=Cc3cccc(OCC(N)=O)c3)sc3c2CCCCCC3)c1. The number of amides is 2. The van der Waals surface area contributed by atoms with E-state index >= 15 is 0 Å². The van der Waals surface area contributed by atoms with Gasteiger partial charge in [0.1, 0.15) is 10.8 Å². The number of aliphatic imine (C=N–C) groups is 1. The van der Waals surface area contributed by atoms with Gasteiger partial charge in [0.15, 0.2) is 6.61 Å². The van der Waals surface area contributed by atoms with Crippen molar-refractivity contribution in [3.05, 3.63) is 75.2 Å². The summed E-state index contributed by atoms with van der Waals surface area (Å²) in [5, 5.41) is 3.87. The van der Waals surface area contributed by atoms with Crippen molar-refractivity contribution in [2.45, 2.75) is 52.4 Å². The third-order valence-electron chi connectivity index (χ3n) is 6.09. The van der Waals surface area contributed by atoms with Crippen LogP contribution in [0.3, 0.4) is 0 Å². The zero-order chi connectivity index (χ0) is 24.8. The summed E-state index contributed by atoms with van der Waals surface area (Å²) in [7, 11) is 0. The molecule has 1 aliphatic carbocycles. The fourth-order valence-electron chi connectivity index (χ4n) is 4.26. The molecule has 6 nitrogen and oxygen atoms in total. The Labute approximate surface area is 210 Å². The number of benzene rings is 2. The van der Waals surface area contributed by atoms with Gasteiger partial charge in [-0.05, 0) is 80.0 Å². The van der Waals surface area contributed by atoms with Gasteiger partial charge in [-0.25, -0.2) is 4.99 Å². The molecular formula is C28H31N3O3S. The number of nitrogens with zero attached hydrogens (tertiary/aromatic N) is 1. The van der Waals surface area contributed by atoms with Gasteiger partial charge in [-0.1, -0.05) is 37.1 Å². The van der Waals surface area contributed by atoms with Crippen LogP contribution in [0.1, 0.15) is 63.2 Å². The minimum absolute atomic E-state index is 0.109. The van der Waals surface area contributed by atoms with Crippen molar-refractivity contribution in [1.82, 2.24) is 0 Å². The average Bonchev–Trinajstić information content (AvgIpc) is 3.15. The lowest BCUT2D eigenvalue weighted by atomic mass is 9.96. The normalized spacial score (nSPS) is 13.7. The van der Waals surface area contributed by atoms with Gasteiger partial charge in [0.05, 0.1) is 5.56 Å². The molecule has 0 aliphatic heterocycles. The van der Waals surface area contributed by atoms with Gasteiger partial charge in [0.2, 0.25) is 0 Å². The van der Waals surface area contributed by atoms with Gasteiger partial charge in [-0.3, -0.25) is 9.59 Å². The maximum atomic E-state index is 13.6. The first-order valence-corrected chi connectivity index (χ1v) is 12.8. The number of aryl methyl sites for hydroxylation is 3. The Balaban J connectivity index is 1.67. The molecule has 3 aromatic rings. The van der Waals surface area contributed by atoms with Gasteiger partial charge >= 0.3 is 0 Å². The summed E-state index contributed by atoms with van der Waals surface area (Å²) in [5.74, 6) is -0.0962. The Bertz CT molecular complexity index is 1260. The van der Waals surface area contributed by atoms with Crippen molar-refractivity contribution < 1.29 is 14.3 Å². The summed E-state index contributed by atoms with van der Waals surface area (Å²) < 4.78 is 5.41. The molecule has 4 rings (SSSR count). The number of rotatable bonds is 7. The van der Waals surface area contributed by atoms with Crippen molar-refractivity contribution in [1.29, 1.82) is 0 Å². The van der Waals surface area contributed by atoms with Crippen LogP contribution in [0.5, 0.6) is 5.75 Å². The molecule has 3 N–H and O–H groups in total. The van der Waals surface area contributed by atoms with Crippen LogP contribution in [-0.2, 0) is 17.6 Å². The second-order valence-corrected chi connectivity index (χ2v) is 10.0. The quantitative estimate of drug-likeness (QED) is 0.405. The van der Waals surface area contributed by atoms with E-state index in [4.69, 9.17) is 15.5 Å². The highest BCUT2D eigenvalue weighted by Crippen LogP contribution is 2.39. The van der Waals surface area contributed by atoms with E-state index < -0.39 is 5.91 Å². The lowest BCUT2D eigenvalue weighted by Crippen LogP contribution is -2.20. The second kappa shape index (κ2) is 11.3. The monoisotopic (exact) mass is 489 g/mol. The lowest BCUT2D eigenvalue weighted by Gasteiger charge is -2.13. The molecule has 2 amide bonds. The van der Waals surface area contributed by atoms with Crippen LogP contribution in [-0.4, -0.2) is 24.6 Å². The van der Waals surface area contributed by atoms with Crippen molar-refractivity contribution >= 4 is 40.1 Å². The lowest BCUT2D eigenvalue weighted by molar-refractivity contribution is -0.119. The highest BCUT2D eigenvalue weighted by Gasteiger charge is 2.24. The maximum absolute atomic E-state index is 13.6. The number of primary amides is 1. The first kappa shape index (κ1) is 24.7. The zero-order valence-corrected chi connectivity index (χ0v) is 21.0. The maximum Gasteiger partial charge on any atom is 0.259 e. The first-order chi connectivity index (χ1) is 16.9. The molecule has 35 heavy (non-hydrogen) atoms. The Morgan fingerprint density at radius 1 is 1.09 bits per heavy atom. The smallest absolute Gasteiger partial charge is 0.259 e. The van der Waals surface area contributed by atoms with Crippen LogP contribution in [0.25, 0.3) is 0 Å². The Morgan fingerprint density at radius 2 is 1.89 bits per heavy atom. The summed E-state index contributed by atoms with van der Waals surface area (Å²) in [6.07, 6.45) is 8.24. The van der Waals surface area contributed by atoms with Crippen LogP contribution >= 0.6 is 11.3 Å². The number of nitrogens with one attached hydrogen (secondary N) is 1. The van der Waals surface area contributed by atoms with E-state index in [1.165, 1.54) is 17.7 Å². The van der Waals surface area contributed by atoms with Gasteiger partial charge in [-0.15, -0.1) is 11.3 Å². The molecule has 0 saturated carbocycles. The molecule has 1 aromatic heterocycles. The first-order valence-electron chi connectivity index (χ1n) is 12.0. The Hall–Kier alpha value is -3.45. The third-order valence-corrected chi connectivity index (χ3v) is 7.29. The fraction of sp³-hybridized carbons (Fsp3) is 0.321. The number of hydrogen-bond acceptors (Lipinski definition) is 5. The van der Waals surface area contributed by atoms with Crippen LogP contribution in [0.4, 0.5) is 10.7 Å². The standard InChI is InChI=1S/C28H31N3O3S/c1-18-12-13-19(2)23(14-18)31-27(33)26-22-10-5-3-4-6-11-24(22)35-28(26)30-16-20-8-7-9-21(15-20)34-17-25(29)32/h7-9,12-16H,3-6,10-11,17H2,1-2H3,(H2,29,32)(H,31,33). The average molecular weight is 490 g/mol. The summed E-state index contributed by atoms with van der Waals surface area (Å²) in [6, 6.07) is 13.4. The van der Waals surface area contributed by atoms with Crippen molar-refractivity contribution in [2.24, 2.45) is 10.7 Å². The molecule has 0 spiro atoms. The summed E-state index contributed by atoms with van der Waals surface area (Å²) in [6.45, 7) is 3.84. The number of thiophene rings is 1. The van der Waals surface area contributed by atoms with Crippen LogP contribution in [0, 0.1) is 13.8 Å². The van der Waals surface area contributed by atoms with Crippen LogP contribution < -0.4 is 15.8 Å². The number of carbonyl (C=O) groups excluding carboxylic acids is 2. The van der Waals surface area contributed by atoms with E-state index in [0.717, 1.165) is 58.6 Å². The molecule has 7 heteroatoms. The fourth-order valence-corrected chi connectivity index (χ4v) is 5.49. The summed E-state index contributed by atoms with van der Waals surface area (Å²) in [4.78, 5) is 30.7. The number of anilines is 1. The highest BCUT2D eigenvalue weighted by atomic mass is 32.1. The molecule has 2 aromatic carbocycles. The molecule has 1 aliphatic rings. The minimum Gasteiger partial charge on any atom is -0.484 e. The van der Waals surface area contributed by atoms with E-state index in [2.05, 4.69) is 5.32 Å². The second-order valence-electron chi connectivity index (χ2n) is 8.96. The zero-order valence-electron chi connectivity index (χ0n) is 20.2. The van der Waals surface area contributed by atoms with E-state index in [1.807, 2.05) is 44.2 Å². The third kappa shape index (κ3) is 6.36. The van der Waals surface area contributed by atoms with E-state index in [9.17, 15) is 9.59 Å². The minimum atomic E-state index is -0.528. The number of ether oxygens (including phenoxy) is 1. The van der Waals surface area contributed by atoms with Crippen LogP contribution in [0.15, 0.2) is 47.5 Å². The number of fused-ring (bicyclic) bond motifs is 1. The molecule has 0 bridgehead atoms. The summed E-state index contributed by atoms with van der Waals surface area (Å²) >= 11 is 1.62. The van der Waals surface area contributed by atoms with Crippen molar-refractivity contribution in [3.8, 4) is 5.75 Å².